The number of H-pyrrole nitrogens is 1. The van der Waals surface area contributed by atoms with Gasteiger partial charge in [0.15, 0.2) is 0 Å². The van der Waals surface area contributed by atoms with E-state index >= 15 is 0 Å². The maximum atomic E-state index is 9.28. The van der Waals surface area contributed by atoms with Crippen LogP contribution in [0.2, 0.25) is 0 Å². The molecule has 2 rings (SSSR count). The van der Waals surface area contributed by atoms with Crippen molar-refractivity contribution in [1.29, 1.82) is 5.26 Å². The van der Waals surface area contributed by atoms with Crippen LogP contribution in [0.25, 0.3) is 10.9 Å². The van der Waals surface area contributed by atoms with E-state index in [4.69, 9.17) is 0 Å². The molecule has 1 atom stereocenters. The molecule has 18 heavy (non-hydrogen) atoms. The van der Waals surface area contributed by atoms with Gasteiger partial charge in [0.05, 0.1) is 6.07 Å². The lowest BCUT2D eigenvalue weighted by molar-refractivity contribution is 0.395. The van der Waals surface area contributed by atoms with Crippen LogP contribution in [0.1, 0.15) is 11.6 Å². The summed E-state index contributed by atoms with van der Waals surface area (Å²) in [5.41, 5.74) is 2.09. The minimum Gasteiger partial charge on any atom is -0.361 e. The molecule has 0 aliphatic heterocycles. The number of hydrogen-bond donors (Lipinski definition) is 2. The first-order chi connectivity index (χ1) is 8.72. The summed E-state index contributed by atoms with van der Waals surface area (Å²) in [7, 11) is 4.05. The zero-order chi connectivity index (χ0) is 13.0. The number of rotatable bonds is 5. The molecule has 1 aromatic heterocycles. The molecule has 0 amide bonds. The SMILES string of the molecule is CN(C)CCNC(C#N)c1c[nH]c2ccccc12. The Morgan fingerprint density at radius 2 is 2.17 bits per heavy atom. The van der Waals surface area contributed by atoms with Gasteiger partial charge in [0.1, 0.15) is 6.04 Å². The largest absolute Gasteiger partial charge is 0.361 e. The average molecular weight is 242 g/mol. The second kappa shape index (κ2) is 5.67. The molecule has 4 heteroatoms. The number of fused-ring (bicyclic) bond motifs is 1. The van der Waals surface area contributed by atoms with E-state index in [1.54, 1.807) is 0 Å². The number of benzene rings is 1. The van der Waals surface area contributed by atoms with Crippen LogP contribution < -0.4 is 5.32 Å². The van der Waals surface area contributed by atoms with E-state index in [9.17, 15) is 5.26 Å². The van der Waals surface area contributed by atoms with Crippen LogP contribution in [0, 0.1) is 11.3 Å². The lowest BCUT2D eigenvalue weighted by atomic mass is 10.1. The van der Waals surface area contributed by atoms with Crippen molar-refractivity contribution in [3.8, 4) is 6.07 Å². The van der Waals surface area contributed by atoms with Crippen molar-refractivity contribution in [1.82, 2.24) is 15.2 Å². The van der Waals surface area contributed by atoms with Crippen molar-refractivity contribution >= 4 is 10.9 Å². The molecule has 0 saturated carbocycles. The van der Waals surface area contributed by atoms with Gasteiger partial charge in [-0.3, -0.25) is 5.32 Å². The van der Waals surface area contributed by atoms with E-state index in [0.29, 0.717) is 0 Å². The molecule has 0 saturated heterocycles. The second-order valence-electron chi connectivity index (χ2n) is 4.61. The third-order valence-corrected chi connectivity index (χ3v) is 2.97. The van der Waals surface area contributed by atoms with Crippen molar-refractivity contribution in [3.63, 3.8) is 0 Å². The van der Waals surface area contributed by atoms with Gasteiger partial charge in [-0.15, -0.1) is 0 Å². The van der Waals surface area contributed by atoms with Crippen molar-refractivity contribution in [2.45, 2.75) is 6.04 Å². The van der Waals surface area contributed by atoms with Gasteiger partial charge in [-0.25, -0.2) is 0 Å². The quantitative estimate of drug-likeness (QED) is 0.841. The maximum Gasteiger partial charge on any atom is 0.123 e. The first kappa shape index (κ1) is 12.6. The molecule has 4 nitrogen and oxygen atoms in total. The molecule has 2 aromatic rings. The first-order valence-corrected chi connectivity index (χ1v) is 6.06. The maximum absolute atomic E-state index is 9.28. The molecule has 0 spiro atoms. The average Bonchev–Trinajstić information content (AvgIpc) is 2.78. The Morgan fingerprint density at radius 1 is 1.39 bits per heavy atom. The molecular weight excluding hydrogens is 224 g/mol. The minimum absolute atomic E-state index is 0.263. The number of para-hydroxylation sites is 1. The molecule has 0 fully saturated rings. The molecule has 2 N–H and O–H groups in total. The number of hydrogen-bond acceptors (Lipinski definition) is 3. The van der Waals surface area contributed by atoms with E-state index in [1.165, 1.54) is 0 Å². The Balaban J connectivity index is 2.15. The summed E-state index contributed by atoms with van der Waals surface area (Å²) in [5, 5.41) is 13.7. The van der Waals surface area contributed by atoms with Crippen LogP contribution in [0.3, 0.4) is 0 Å². The summed E-state index contributed by atoms with van der Waals surface area (Å²) in [6.07, 6.45) is 1.92. The monoisotopic (exact) mass is 242 g/mol. The molecular formula is C14H18N4. The topological polar surface area (TPSA) is 54.9 Å². The standard InChI is InChI=1S/C14H18N4/c1-18(2)8-7-16-14(9-15)12-10-17-13-6-4-3-5-11(12)13/h3-6,10,14,16-17H,7-8H2,1-2H3. The summed E-state index contributed by atoms with van der Waals surface area (Å²) in [5.74, 6) is 0. The lowest BCUT2D eigenvalue weighted by Gasteiger charge is -2.14. The molecule has 1 unspecified atom stereocenters. The summed E-state index contributed by atoms with van der Waals surface area (Å²) in [4.78, 5) is 5.29. The summed E-state index contributed by atoms with van der Waals surface area (Å²) < 4.78 is 0. The number of nitrogens with one attached hydrogen (secondary N) is 2. The molecule has 1 heterocycles. The Kier molecular flexibility index (Phi) is 3.98. The Hall–Kier alpha value is -1.83. The highest BCUT2D eigenvalue weighted by Gasteiger charge is 2.14. The highest BCUT2D eigenvalue weighted by molar-refractivity contribution is 5.83. The molecule has 0 bridgehead atoms. The number of aromatic nitrogens is 1. The van der Waals surface area contributed by atoms with Gasteiger partial charge in [-0.1, -0.05) is 18.2 Å². The molecule has 1 aromatic carbocycles. The summed E-state index contributed by atoms with van der Waals surface area (Å²) in [6.45, 7) is 1.71. The van der Waals surface area contributed by atoms with Crippen LogP contribution in [-0.2, 0) is 0 Å². The van der Waals surface area contributed by atoms with Crippen molar-refractivity contribution in [3.05, 3.63) is 36.0 Å². The van der Waals surface area contributed by atoms with Gasteiger partial charge in [0.25, 0.3) is 0 Å². The fraction of sp³-hybridized carbons (Fsp3) is 0.357. The lowest BCUT2D eigenvalue weighted by Crippen LogP contribution is -2.29. The fourth-order valence-electron chi connectivity index (χ4n) is 1.99. The van der Waals surface area contributed by atoms with Crippen LogP contribution in [0.4, 0.5) is 0 Å². The van der Waals surface area contributed by atoms with Gasteiger partial charge in [-0.05, 0) is 20.2 Å². The molecule has 94 valence electrons. The third-order valence-electron chi connectivity index (χ3n) is 2.97. The van der Waals surface area contributed by atoms with Gasteiger partial charge >= 0.3 is 0 Å². The second-order valence-corrected chi connectivity index (χ2v) is 4.61. The zero-order valence-electron chi connectivity index (χ0n) is 10.8. The van der Waals surface area contributed by atoms with Crippen LogP contribution in [0.15, 0.2) is 30.5 Å². The van der Waals surface area contributed by atoms with E-state index in [2.05, 4.69) is 21.3 Å². The molecule has 0 radical (unpaired) electrons. The minimum atomic E-state index is -0.263. The van der Waals surface area contributed by atoms with Gasteiger partial charge in [-0.2, -0.15) is 5.26 Å². The van der Waals surface area contributed by atoms with Crippen LogP contribution in [-0.4, -0.2) is 37.1 Å². The Morgan fingerprint density at radius 3 is 2.89 bits per heavy atom. The van der Waals surface area contributed by atoms with Gasteiger partial charge in [0, 0.05) is 35.8 Å². The summed E-state index contributed by atoms with van der Waals surface area (Å²) in [6, 6.07) is 10.1. The number of likely N-dealkylation sites (N-methyl/N-ethyl adjacent to an activating group) is 1. The van der Waals surface area contributed by atoms with Crippen molar-refractivity contribution in [2.75, 3.05) is 27.2 Å². The van der Waals surface area contributed by atoms with E-state index in [0.717, 1.165) is 29.6 Å². The van der Waals surface area contributed by atoms with E-state index in [1.807, 2.05) is 44.6 Å². The predicted octanol–water partition coefficient (Wildman–Crippen LogP) is 1.88. The van der Waals surface area contributed by atoms with E-state index in [-0.39, 0.29) is 6.04 Å². The number of nitrogens with zero attached hydrogens (tertiary/aromatic N) is 2. The zero-order valence-corrected chi connectivity index (χ0v) is 10.8. The van der Waals surface area contributed by atoms with Gasteiger partial charge in [0.2, 0.25) is 0 Å². The van der Waals surface area contributed by atoms with Gasteiger partial charge < -0.3 is 9.88 Å². The van der Waals surface area contributed by atoms with Crippen LogP contribution >= 0.6 is 0 Å². The molecule has 0 aliphatic carbocycles. The Labute approximate surface area is 107 Å². The van der Waals surface area contributed by atoms with Crippen molar-refractivity contribution < 1.29 is 0 Å². The Bertz CT molecular complexity index is 550. The third kappa shape index (κ3) is 2.70. The van der Waals surface area contributed by atoms with E-state index < -0.39 is 0 Å². The first-order valence-electron chi connectivity index (χ1n) is 6.06. The molecule has 0 aliphatic rings. The normalized spacial score (nSPS) is 12.8. The highest BCUT2D eigenvalue weighted by Crippen LogP contribution is 2.23. The van der Waals surface area contributed by atoms with Crippen LogP contribution in [0.5, 0.6) is 0 Å². The summed E-state index contributed by atoms with van der Waals surface area (Å²) >= 11 is 0. The number of aromatic amines is 1. The fourth-order valence-corrected chi connectivity index (χ4v) is 1.99. The number of nitriles is 1. The predicted molar refractivity (Wildman–Crippen MR) is 73.2 cm³/mol. The highest BCUT2D eigenvalue weighted by atomic mass is 15.1. The van der Waals surface area contributed by atoms with Crippen molar-refractivity contribution in [2.24, 2.45) is 0 Å². The smallest absolute Gasteiger partial charge is 0.123 e.